The Hall–Kier alpha value is -2.03. The number of hydrogen-bond donors (Lipinski definition) is 0. The van der Waals surface area contributed by atoms with Crippen molar-refractivity contribution in [1.82, 2.24) is 0 Å². The second-order valence-electron chi connectivity index (χ2n) is 3.92. The molecule has 0 spiro atoms. The molecule has 9 heteroatoms. The van der Waals surface area contributed by atoms with Crippen molar-refractivity contribution >= 4 is 21.9 Å². The molecule has 0 aliphatic heterocycles. The number of halogens is 7. The van der Waals surface area contributed by atoms with Gasteiger partial charge in [-0.15, -0.1) is 0 Å². The number of ether oxygens (including phenoxy) is 1. The van der Waals surface area contributed by atoms with E-state index in [0.29, 0.717) is 6.07 Å². The van der Waals surface area contributed by atoms with E-state index >= 15 is 0 Å². The monoisotopic (exact) mass is 384 g/mol. The van der Waals surface area contributed by atoms with Gasteiger partial charge in [0.2, 0.25) is 34.8 Å². The van der Waals surface area contributed by atoms with E-state index < -0.39 is 52.2 Å². The zero-order chi connectivity index (χ0) is 16.6. The van der Waals surface area contributed by atoms with Crippen molar-refractivity contribution in [3.63, 3.8) is 0 Å². The highest BCUT2D eigenvalue weighted by molar-refractivity contribution is 9.10. The lowest BCUT2D eigenvalue weighted by Crippen LogP contribution is -2.14. The molecule has 0 N–H and O–H groups in total. The van der Waals surface area contributed by atoms with Crippen LogP contribution in [-0.4, -0.2) is 5.97 Å². The average Bonchev–Trinajstić information content (AvgIpc) is 2.50. The second kappa shape index (κ2) is 5.99. The van der Waals surface area contributed by atoms with Crippen molar-refractivity contribution < 1.29 is 35.9 Å². The van der Waals surface area contributed by atoms with Gasteiger partial charge in [-0.2, -0.15) is 8.78 Å². The molecule has 0 radical (unpaired) electrons. The smallest absolute Gasteiger partial charge is 0.343 e. The van der Waals surface area contributed by atoms with Gasteiger partial charge in [-0.05, 0) is 34.1 Å². The molecule has 0 saturated carbocycles. The van der Waals surface area contributed by atoms with E-state index in [1.165, 1.54) is 0 Å². The summed E-state index contributed by atoms with van der Waals surface area (Å²) in [5, 5.41) is 0. The minimum absolute atomic E-state index is 0.000261. The molecule has 0 heterocycles. The fourth-order valence-corrected chi connectivity index (χ4v) is 1.70. The van der Waals surface area contributed by atoms with E-state index in [0.717, 1.165) is 12.1 Å². The summed E-state index contributed by atoms with van der Waals surface area (Å²) in [6.45, 7) is 0. The highest BCUT2D eigenvalue weighted by Crippen LogP contribution is 2.30. The Labute approximate surface area is 127 Å². The van der Waals surface area contributed by atoms with Gasteiger partial charge in [0.1, 0.15) is 5.82 Å². The molecule has 0 saturated heterocycles. The minimum Gasteiger partial charge on any atom is -0.416 e. The molecular weight excluding hydrogens is 382 g/mol. The number of benzene rings is 2. The van der Waals surface area contributed by atoms with E-state index in [4.69, 9.17) is 0 Å². The van der Waals surface area contributed by atoms with Crippen LogP contribution >= 0.6 is 15.9 Å². The third-order valence-corrected chi connectivity index (χ3v) is 3.16. The van der Waals surface area contributed by atoms with Gasteiger partial charge >= 0.3 is 5.97 Å². The van der Waals surface area contributed by atoms with Crippen molar-refractivity contribution in [1.29, 1.82) is 0 Å². The summed E-state index contributed by atoms with van der Waals surface area (Å²) in [7, 11) is 0. The van der Waals surface area contributed by atoms with Gasteiger partial charge < -0.3 is 4.74 Å². The number of esters is 1. The van der Waals surface area contributed by atoms with Crippen LogP contribution in [0.1, 0.15) is 10.4 Å². The van der Waals surface area contributed by atoms with Gasteiger partial charge in [-0.1, -0.05) is 0 Å². The summed E-state index contributed by atoms with van der Waals surface area (Å²) in [4.78, 5) is 11.6. The first kappa shape index (κ1) is 16.3. The van der Waals surface area contributed by atoms with Crippen LogP contribution in [0, 0.1) is 34.9 Å². The van der Waals surface area contributed by atoms with Crippen molar-refractivity contribution in [3.05, 3.63) is 63.1 Å². The first-order chi connectivity index (χ1) is 10.2. The van der Waals surface area contributed by atoms with E-state index in [9.17, 15) is 31.1 Å². The van der Waals surface area contributed by atoms with Crippen molar-refractivity contribution in [2.24, 2.45) is 0 Å². The molecule has 116 valence electrons. The Balaban J connectivity index is 2.42. The first-order valence-corrected chi connectivity index (χ1v) is 6.22. The van der Waals surface area contributed by atoms with E-state index in [2.05, 4.69) is 20.7 Å². The quantitative estimate of drug-likeness (QED) is 0.250. The molecule has 2 aromatic carbocycles. The normalized spacial score (nSPS) is 10.7. The molecule has 0 fully saturated rings. The Kier molecular flexibility index (Phi) is 4.45. The Morgan fingerprint density at radius 2 is 1.36 bits per heavy atom. The zero-order valence-electron chi connectivity index (χ0n) is 10.2. The van der Waals surface area contributed by atoms with E-state index in [1.807, 2.05) is 0 Å². The number of hydrogen-bond acceptors (Lipinski definition) is 2. The predicted octanol–water partition coefficient (Wildman–Crippen LogP) is 4.50. The van der Waals surface area contributed by atoms with Crippen LogP contribution in [-0.2, 0) is 0 Å². The Morgan fingerprint density at radius 3 is 1.86 bits per heavy atom. The van der Waals surface area contributed by atoms with E-state index in [1.54, 1.807) is 0 Å². The van der Waals surface area contributed by atoms with Gasteiger partial charge in [-0.3, -0.25) is 0 Å². The van der Waals surface area contributed by atoms with Crippen LogP contribution in [0.15, 0.2) is 22.7 Å². The van der Waals surface area contributed by atoms with Crippen molar-refractivity contribution in [3.8, 4) is 5.75 Å². The number of carbonyl (C=O) groups excluding carboxylic acids is 1. The summed E-state index contributed by atoms with van der Waals surface area (Å²) < 4.78 is 82.8. The highest BCUT2D eigenvalue weighted by Gasteiger charge is 2.29. The SMILES string of the molecule is O=C(Oc1c(F)c(F)c(F)c(F)c1F)c1ccc(Br)c(F)c1. The predicted molar refractivity (Wildman–Crippen MR) is 65.3 cm³/mol. The molecule has 22 heavy (non-hydrogen) atoms. The maximum atomic E-state index is 13.3. The first-order valence-electron chi connectivity index (χ1n) is 5.42. The molecule has 0 aliphatic rings. The fraction of sp³-hybridized carbons (Fsp3) is 0. The molecular formula is C13H3BrF6O2. The van der Waals surface area contributed by atoms with Crippen LogP contribution in [0.25, 0.3) is 0 Å². The molecule has 0 unspecified atom stereocenters. The molecule has 2 nitrogen and oxygen atoms in total. The molecule has 0 aromatic heterocycles. The third kappa shape index (κ3) is 2.80. The van der Waals surface area contributed by atoms with Gasteiger partial charge in [0.15, 0.2) is 0 Å². The van der Waals surface area contributed by atoms with Crippen molar-refractivity contribution in [2.45, 2.75) is 0 Å². The fourth-order valence-electron chi connectivity index (χ4n) is 1.45. The molecule has 2 aromatic rings. The lowest BCUT2D eigenvalue weighted by Gasteiger charge is -2.09. The summed E-state index contributed by atoms with van der Waals surface area (Å²) in [6, 6.07) is 2.80. The average molecular weight is 385 g/mol. The summed E-state index contributed by atoms with van der Waals surface area (Å²) in [5.74, 6) is -15.6. The van der Waals surface area contributed by atoms with Crippen LogP contribution in [0.5, 0.6) is 5.75 Å². The van der Waals surface area contributed by atoms with Crippen LogP contribution < -0.4 is 4.74 Å². The van der Waals surface area contributed by atoms with Crippen LogP contribution in [0.4, 0.5) is 26.3 Å². The minimum atomic E-state index is -2.38. The Bertz CT molecular complexity index is 749. The Morgan fingerprint density at radius 1 is 0.864 bits per heavy atom. The van der Waals surface area contributed by atoms with Crippen LogP contribution in [0.2, 0.25) is 0 Å². The summed E-state index contributed by atoms with van der Waals surface area (Å²) in [6.07, 6.45) is 0. The lowest BCUT2D eigenvalue weighted by atomic mass is 10.2. The maximum Gasteiger partial charge on any atom is 0.343 e. The molecule has 0 amide bonds. The third-order valence-electron chi connectivity index (χ3n) is 2.52. The standard InChI is InChI=1S/C13H3BrF6O2/c14-5-2-1-4(3-6(5)15)13(21)22-12-10(19)8(17)7(16)9(18)11(12)20/h1-3H. The van der Waals surface area contributed by atoms with Gasteiger partial charge in [0.25, 0.3) is 0 Å². The van der Waals surface area contributed by atoms with Gasteiger partial charge in [-0.25, -0.2) is 22.4 Å². The summed E-state index contributed by atoms with van der Waals surface area (Å²) in [5.41, 5.74) is -0.482. The zero-order valence-corrected chi connectivity index (χ0v) is 11.8. The topological polar surface area (TPSA) is 26.3 Å². The van der Waals surface area contributed by atoms with Crippen molar-refractivity contribution in [2.75, 3.05) is 0 Å². The number of carbonyl (C=O) groups is 1. The van der Waals surface area contributed by atoms with Crippen LogP contribution in [0.3, 0.4) is 0 Å². The maximum absolute atomic E-state index is 13.3. The number of rotatable bonds is 2. The summed E-state index contributed by atoms with van der Waals surface area (Å²) >= 11 is 2.81. The van der Waals surface area contributed by atoms with Gasteiger partial charge in [0, 0.05) is 0 Å². The largest absolute Gasteiger partial charge is 0.416 e. The molecule has 0 aliphatic carbocycles. The van der Waals surface area contributed by atoms with Gasteiger partial charge in [0.05, 0.1) is 10.0 Å². The lowest BCUT2D eigenvalue weighted by molar-refractivity contribution is 0.0715. The second-order valence-corrected chi connectivity index (χ2v) is 4.77. The van der Waals surface area contributed by atoms with E-state index in [-0.39, 0.29) is 4.47 Å². The highest BCUT2D eigenvalue weighted by atomic mass is 79.9. The molecule has 0 atom stereocenters. The molecule has 2 rings (SSSR count). The molecule has 0 bridgehead atoms.